The molecule has 3 aromatic heterocycles. The van der Waals surface area contributed by atoms with Crippen LogP contribution in [0.5, 0.6) is 0 Å². The number of benzene rings is 5. The van der Waals surface area contributed by atoms with Crippen LogP contribution in [0.25, 0.3) is 21.9 Å². The van der Waals surface area contributed by atoms with Crippen molar-refractivity contribution in [1.82, 2.24) is 19.9 Å². The molecular weight excluding hydrogens is 1170 g/mol. The van der Waals surface area contributed by atoms with Crippen molar-refractivity contribution in [2.75, 3.05) is 39.7 Å². The average molecular weight is 1220 g/mol. The maximum Gasteiger partial charge on any atom is 0.296 e. The number of nitrogens with zero attached hydrogens (tertiary/aromatic N) is 10. The Hall–Kier alpha value is -8.37. The van der Waals surface area contributed by atoms with E-state index < -0.39 is 57.2 Å². The quantitative estimate of drug-likeness (QED) is 0.0250. The van der Waals surface area contributed by atoms with E-state index in [1.165, 1.54) is 25.1 Å². The van der Waals surface area contributed by atoms with E-state index in [2.05, 4.69) is 79.1 Å². The van der Waals surface area contributed by atoms with Gasteiger partial charge in [0.15, 0.2) is 16.6 Å². The Balaban J connectivity index is 1.27. The van der Waals surface area contributed by atoms with Crippen LogP contribution in [0.2, 0.25) is 10.0 Å². The highest BCUT2D eigenvalue weighted by Gasteiger charge is 2.25. The lowest BCUT2D eigenvalue weighted by molar-refractivity contribution is 0.208. The minimum atomic E-state index is -5.06. The summed E-state index contributed by atoms with van der Waals surface area (Å²) in [5, 5.41) is 73.1. The number of fused-ring (bicyclic) bond motifs is 1. The van der Waals surface area contributed by atoms with Crippen LogP contribution in [0.15, 0.2) is 132 Å². The Morgan fingerprint density at radius 2 is 1.15 bits per heavy atom. The molecule has 2 atom stereocenters. The van der Waals surface area contributed by atoms with Gasteiger partial charge in [-0.15, -0.1) is 20.5 Å². The molecule has 0 saturated heterocycles. The molecule has 0 aliphatic heterocycles. The van der Waals surface area contributed by atoms with Gasteiger partial charge in [-0.2, -0.15) is 50.7 Å². The number of halogens is 2. The van der Waals surface area contributed by atoms with Gasteiger partial charge in [-0.3, -0.25) is 13.7 Å². The molecule has 2 unspecified atom stereocenters. The number of thiophene rings is 1. The Morgan fingerprint density at radius 3 is 1.74 bits per heavy atom. The van der Waals surface area contributed by atoms with Crippen molar-refractivity contribution in [3.05, 3.63) is 124 Å². The van der Waals surface area contributed by atoms with E-state index >= 15 is 0 Å². The third kappa shape index (κ3) is 14.2. The molecule has 26 nitrogen and oxygen atoms in total. The molecule has 0 aliphatic rings. The van der Waals surface area contributed by atoms with E-state index in [1.807, 2.05) is 0 Å². The number of aliphatic hydroxyl groups excluding tert-OH is 2. The molecule has 0 aliphatic carbocycles. The monoisotopic (exact) mass is 1210 g/mol. The zero-order valence-corrected chi connectivity index (χ0v) is 46.6. The predicted octanol–water partition coefficient (Wildman–Crippen LogP) is 10.9. The number of hydrogen-bond acceptors (Lipinski definition) is 24. The smallest absolute Gasteiger partial charge is 0.296 e. The van der Waals surface area contributed by atoms with Crippen molar-refractivity contribution >= 4 is 144 Å². The number of pyridine rings is 1. The first-order chi connectivity index (χ1) is 38.3. The first-order valence-electron chi connectivity index (χ1n) is 23.2. The molecule has 8 rings (SSSR count). The molecule has 0 bridgehead atoms. The second kappa shape index (κ2) is 24.2. The topological polar surface area (TPSA) is 412 Å². The normalized spacial score (nSPS) is 12.7. The van der Waals surface area contributed by atoms with Crippen molar-refractivity contribution in [2.45, 2.75) is 47.7 Å². The van der Waals surface area contributed by atoms with E-state index in [9.17, 15) is 59.6 Å². The van der Waals surface area contributed by atoms with Gasteiger partial charge in [-0.25, -0.2) is 4.98 Å². The summed E-state index contributed by atoms with van der Waals surface area (Å²) in [7, 11) is -14.8. The molecule has 0 spiro atoms. The fourth-order valence-corrected chi connectivity index (χ4v) is 11.0. The Kier molecular flexibility index (Phi) is 17.5. The number of rotatable bonds is 20. The Labute approximate surface area is 475 Å². The summed E-state index contributed by atoms with van der Waals surface area (Å²) in [4.78, 5) is 15.6. The van der Waals surface area contributed by atoms with Crippen LogP contribution >= 0.6 is 34.5 Å². The van der Waals surface area contributed by atoms with Crippen LogP contribution in [0.1, 0.15) is 30.5 Å². The number of anilines is 8. The van der Waals surface area contributed by atoms with Crippen molar-refractivity contribution < 1.29 is 49.1 Å². The largest absolute Gasteiger partial charge is 0.392 e. The second-order valence-corrected chi connectivity index (χ2v) is 23.3. The van der Waals surface area contributed by atoms with Gasteiger partial charge < -0.3 is 36.8 Å². The lowest BCUT2D eigenvalue weighted by Crippen LogP contribution is -2.20. The van der Waals surface area contributed by atoms with Gasteiger partial charge in [0.2, 0.25) is 17.8 Å². The summed E-state index contributed by atoms with van der Waals surface area (Å²) in [6.07, 6.45) is -1.50. The summed E-state index contributed by atoms with van der Waals surface area (Å²) < 4.78 is 105. The molecule has 32 heteroatoms. The number of aromatic nitrogens is 4. The average Bonchev–Trinajstić information content (AvgIpc) is 3.89. The molecule has 8 aromatic rings. The maximum absolute atomic E-state index is 12.7. The zero-order valence-electron chi connectivity index (χ0n) is 41.9. The van der Waals surface area contributed by atoms with Gasteiger partial charge in [0, 0.05) is 57.1 Å². The summed E-state index contributed by atoms with van der Waals surface area (Å²) in [6.45, 7) is 4.85. The highest BCUT2D eigenvalue weighted by atomic mass is 35.5. The molecule has 0 amide bonds. The van der Waals surface area contributed by atoms with E-state index in [0.717, 1.165) is 41.7 Å². The van der Waals surface area contributed by atoms with Crippen LogP contribution < -0.4 is 26.6 Å². The molecule has 5 aromatic carbocycles. The number of nitriles is 2. The molecule has 10 N–H and O–H groups in total. The van der Waals surface area contributed by atoms with E-state index in [1.54, 1.807) is 62.4 Å². The van der Waals surface area contributed by atoms with Crippen LogP contribution in [-0.4, -0.2) is 94.4 Å². The summed E-state index contributed by atoms with van der Waals surface area (Å²) >= 11 is 13.0. The van der Waals surface area contributed by atoms with Crippen LogP contribution in [-0.2, 0) is 30.4 Å². The summed E-state index contributed by atoms with van der Waals surface area (Å²) in [6, 6.07) is 26.0. The summed E-state index contributed by atoms with van der Waals surface area (Å²) in [5.41, 5.74) is 0.932. The third-order valence-electron chi connectivity index (χ3n) is 11.2. The lowest BCUT2D eigenvalue weighted by Gasteiger charge is -2.16. The fraction of sp³-hybridized carbons (Fsp3) is 0.143. The Bertz CT molecular complexity index is 4240. The van der Waals surface area contributed by atoms with Crippen molar-refractivity contribution in [2.24, 2.45) is 20.5 Å². The van der Waals surface area contributed by atoms with Gasteiger partial charge >= 0.3 is 0 Å². The second-order valence-electron chi connectivity index (χ2n) is 17.3. The minimum absolute atomic E-state index is 0.0209. The first-order valence-corrected chi connectivity index (χ1v) is 29.1. The highest BCUT2D eigenvalue weighted by Crippen LogP contribution is 2.49. The molecular formula is C49H41Cl2N15O11S4. The standard InChI is InChI=1S/C49H41Cl2N15O11S4/c1-24(67)22-54-47-60-48(55-23-25(2)68)62-49(61-47)58-30-11-7-27(8-12-30)41-36(21-53)45(78-46(41)66-63-32-17-34-33(39(19-32)80(72,73)74)5-4-6-38(34)79(69,70)71)65-64-42-26(3)35(20-52)43(59-44(42)56-29-13-9-28(50)10-14-29)57-31-15-16-37(51)40(18-31)81(75,76)77/h4-19,24-25,67-68H,22-23H2,1-3H3,(H2,56,57,59)(H,69,70,71)(H,72,73,74)(H,75,76,77)(H3,54,55,58,60,61,62)/b65-64?,66-63+. The first kappa shape index (κ1) is 58.8. The van der Waals surface area contributed by atoms with Crippen LogP contribution in [0, 0.1) is 29.6 Å². The van der Waals surface area contributed by atoms with Gasteiger partial charge in [-0.1, -0.05) is 58.8 Å². The van der Waals surface area contributed by atoms with Crippen LogP contribution in [0.4, 0.5) is 67.9 Å². The van der Waals surface area contributed by atoms with E-state index in [4.69, 9.17) is 23.2 Å². The van der Waals surface area contributed by atoms with Crippen molar-refractivity contribution in [3.8, 4) is 23.3 Å². The fourth-order valence-electron chi connectivity index (χ4n) is 7.56. The number of hydrogen-bond donors (Lipinski definition) is 10. The van der Waals surface area contributed by atoms with Gasteiger partial charge in [0.05, 0.1) is 28.5 Å². The van der Waals surface area contributed by atoms with Crippen molar-refractivity contribution in [1.29, 1.82) is 10.5 Å². The molecule has 0 saturated carbocycles. The SMILES string of the molecule is Cc1c(C#N)c(Nc2ccc(Cl)c(S(=O)(=O)O)c2)nc(Nc2ccc(Cl)cc2)c1N=Nc1sc(/N=N/c2cc(S(=O)(=O)O)c3cccc(S(=O)(=O)O)c3c2)c(-c2ccc(Nc3nc(NCC(C)O)nc(NCC(C)O)n3)cc2)c1C#N. The molecule has 81 heavy (non-hydrogen) atoms. The highest BCUT2D eigenvalue weighted by molar-refractivity contribution is 7.86. The Morgan fingerprint density at radius 1 is 0.593 bits per heavy atom. The summed E-state index contributed by atoms with van der Waals surface area (Å²) in [5.74, 6) is 0.128. The van der Waals surface area contributed by atoms with Gasteiger partial charge in [0.1, 0.15) is 43.1 Å². The molecule has 3 heterocycles. The van der Waals surface area contributed by atoms with Gasteiger partial charge in [0.25, 0.3) is 30.4 Å². The number of nitrogens with one attached hydrogen (secondary N) is 5. The third-order valence-corrected chi connectivity index (χ3v) is 15.6. The maximum atomic E-state index is 12.7. The molecule has 0 fully saturated rings. The van der Waals surface area contributed by atoms with E-state index in [0.29, 0.717) is 22.0 Å². The lowest BCUT2D eigenvalue weighted by atomic mass is 10.0. The molecule has 0 radical (unpaired) electrons. The minimum Gasteiger partial charge on any atom is -0.392 e. The predicted molar refractivity (Wildman–Crippen MR) is 303 cm³/mol. The number of azo groups is 2. The van der Waals surface area contributed by atoms with Crippen molar-refractivity contribution in [3.63, 3.8) is 0 Å². The van der Waals surface area contributed by atoms with Gasteiger partial charge in [-0.05, 0) is 99.1 Å². The van der Waals surface area contributed by atoms with Crippen LogP contribution in [0.3, 0.4) is 0 Å². The number of aliphatic hydroxyl groups is 2. The van der Waals surface area contributed by atoms with E-state index in [-0.39, 0.29) is 108 Å². The molecule has 416 valence electrons. The zero-order chi connectivity index (χ0) is 58.6.